The van der Waals surface area contributed by atoms with Crippen LogP contribution in [0.25, 0.3) is 0 Å². The molecule has 0 fully saturated rings. The van der Waals surface area contributed by atoms with Crippen molar-refractivity contribution in [1.29, 1.82) is 0 Å². The van der Waals surface area contributed by atoms with Gasteiger partial charge in [-0.1, -0.05) is 26.0 Å². The predicted octanol–water partition coefficient (Wildman–Crippen LogP) is 3.67. The van der Waals surface area contributed by atoms with Gasteiger partial charge < -0.3 is 4.74 Å². The quantitative estimate of drug-likeness (QED) is 0.728. The molecule has 17 heavy (non-hydrogen) atoms. The third-order valence-electron chi connectivity index (χ3n) is 3.27. The predicted molar refractivity (Wildman–Crippen MR) is 71.0 cm³/mol. The minimum absolute atomic E-state index is 0.00880. The van der Waals surface area contributed by atoms with Crippen LogP contribution in [0.15, 0.2) is 23.3 Å². The number of Topliss-reactive ketones (excluding diaryl/α,β-unsaturated/α-hetero) is 1. The van der Waals surface area contributed by atoms with Crippen LogP contribution in [0, 0.1) is 5.41 Å². The molecule has 0 N–H and O–H groups in total. The molecule has 1 atom stereocenters. The summed E-state index contributed by atoms with van der Waals surface area (Å²) in [5.41, 5.74) is 2.04. The third kappa shape index (κ3) is 3.53. The Labute approximate surface area is 105 Å². The van der Waals surface area contributed by atoms with Gasteiger partial charge in [-0.05, 0) is 38.2 Å². The minimum atomic E-state index is -0.0398. The summed E-state index contributed by atoms with van der Waals surface area (Å²) in [5, 5.41) is 0. The van der Waals surface area contributed by atoms with Crippen molar-refractivity contribution in [2.24, 2.45) is 5.41 Å². The summed E-state index contributed by atoms with van der Waals surface area (Å²) in [6, 6.07) is 0. The fourth-order valence-electron chi connectivity index (χ4n) is 2.55. The number of carbonyl (C=O) groups is 1. The first-order valence-electron chi connectivity index (χ1n) is 6.41. The van der Waals surface area contributed by atoms with E-state index in [1.165, 1.54) is 0 Å². The van der Waals surface area contributed by atoms with Crippen LogP contribution in [0.3, 0.4) is 0 Å². The van der Waals surface area contributed by atoms with Gasteiger partial charge in [-0.25, -0.2) is 0 Å². The molecule has 0 radical (unpaired) electrons. The summed E-state index contributed by atoms with van der Waals surface area (Å²) in [6.07, 6.45) is 5.64. The summed E-state index contributed by atoms with van der Waals surface area (Å²) < 4.78 is 5.45. The summed E-state index contributed by atoms with van der Waals surface area (Å²) in [6.45, 7) is 10.9. The topological polar surface area (TPSA) is 26.3 Å². The molecular formula is C15H24O2. The van der Waals surface area contributed by atoms with Crippen LogP contribution >= 0.6 is 0 Å². The Hall–Kier alpha value is -0.890. The van der Waals surface area contributed by atoms with Crippen molar-refractivity contribution < 1.29 is 9.53 Å². The van der Waals surface area contributed by atoms with Gasteiger partial charge in [0.05, 0.1) is 6.10 Å². The largest absolute Gasteiger partial charge is 0.378 e. The lowest BCUT2D eigenvalue weighted by atomic mass is 9.73. The second-order valence-corrected chi connectivity index (χ2v) is 5.44. The Balaban J connectivity index is 2.83. The van der Waals surface area contributed by atoms with Crippen molar-refractivity contribution in [3.63, 3.8) is 0 Å². The summed E-state index contributed by atoms with van der Waals surface area (Å²) in [5.74, 6) is 0.234. The highest BCUT2D eigenvalue weighted by Crippen LogP contribution is 2.37. The maximum Gasteiger partial charge on any atom is 0.162 e. The van der Waals surface area contributed by atoms with Crippen LogP contribution in [-0.4, -0.2) is 18.5 Å². The Morgan fingerprint density at radius 1 is 1.53 bits per heavy atom. The highest BCUT2D eigenvalue weighted by Gasteiger charge is 2.31. The standard InChI is InChI=1S/C15H24O2/c1-6-17-12(3)10-13(16)14-11(2)8-7-9-15(14,4)5/h7-8,12H,6,9-10H2,1-5H3. The van der Waals surface area contributed by atoms with Crippen LogP contribution in [-0.2, 0) is 9.53 Å². The molecule has 0 bridgehead atoms. The molecule has 2 nitrogen and oxygen atoms in total. The smallest absolute Gasteiger partial charge is 0.162 e. The molecule has 0 amide bonds. The molecule has 0 aromatic carbocycles. The van der Waals surface area contributed by atoms with Crippen LogP contribution in [0.4, 0.5) is 0 Å². The first-order valence-corrected chi connectivity index (χ1v) is 6.41. The van der Waals surface area contributed by atoms with Gasteiger partial charge in [0.25, 0.3) is 0 Å². The molecule has 1 unspecified atom stereocenters. The number of allylic oxidation sites excluding steroid dienone is 4. The zero-order chi connectivity index (χ0) is 13.1. The van der Waals surface area contributed by atoms with E-state index < -0.39 is 0 Å². The molecule has 0 aromatic heterocycles. The van der Waals surface area contributed by atoms with Gasteiger partial charge in [-0.3, -0.25) is 4.79 Å². The first kappa shape index (κ1) is 14.2. The molecular weight excluding hydrogens is 212 g/mol. The Kier molecular flexibility index (Phi) is 4.70. The zero-order valence-electron chi connectivity index (χ0n) is 11.7. The van der Waals surface area contributed by atoms with Gasteiger partial charge >= 0.3 is 0 Å². The van der Waals surface area contributed by atoms with E-state index in [4.69, 9.17) is 4.74 Å². The van der Waals surface area contributed by atoms with Crippen molar-refractivity contribution in [2.75, 3.05) is 6.61 Å². The molecule has 0 heterocycles. The molecule has 0 aromatic rings. The lowest BCUT2D eigenvalue weighted by molar-refractivity contribution is -0.119. The molecule has 2 heteroatoms. The van der Waals surface area contributed by atoms with Crippen LogP contribution < -0.4 is 0 Å². The molecule has 0 saturated heterocycles. The van der Waals surface area contributed by atoms with E-state index in [9.17, 15) is 4.79 Å². The fourth-order valence-corrected chi connectivity index (χ4v) is 2.55. The minimum Gasteiger partial charge on any atom is -0.378 e. The second kappa shape index (κ2) is 5.63. The average molecular weight is 236 g/mol. The molecule has 0 saturated carbocycles. The van der Waals surface area contributed by atoms with Gasteiger partial charge in [-0.15, -0.1) is 0 Å². The molecule has 0 spiro atoms. The van der Waals surface area contributed by atoms with Crippen molar-refractivity contribution in [2.45, 2.75) is 53.6 Å². The monoisotopic (exact) mass is 236 g/mol. The van der Waals surface area contributed by atoms with E-state index in [1.807, 2.05) is 20.8 Å². The lowest BCUT2D eigenvalue weighted by Gasteiger charge is -2.31. The average Bonchev–Trinajstić information content (AvgIpc) is 2.15. The third-order valence-corrected chi connectivity index (χ3v) is 3.27. The molecule has 1 rings (SSSR count). The van der Waals surface area contributed by atoms with E-state index in [0.717, 1.165) is 17.6 Å². The number of hydrogen-bond donors (Lipinski definition) is 0. The van der Waals surface area contributed by atoms with Crippen molar-refractivity contribution in [3.8, 4) is 0 Å². The van der Waals surface area contributed by atoms with Crippen molar-refractivity contribution >= 4 is 5.78 Å². The second-order valence-electron chi connectivity index (χ2n) is 5.44. The molecule has 96 valence electrons. The normalized spacial score (nSPS) is 20.5. The maximum absolute atomic E-state index is 12.3. The lowest BCUT2D eigenvalue weighted by Crippen LogP contribution is -2.27. The van der Waals surface area contributed by atoms with Gasteiger partial charge in [0, 0.05) is 18.6 Å². The first-order chi connectivity index (χ1) is 7.88. The van der Waals surface area contributed by atoms with Crippen LogP contribution in [0.5, 0.6) is 0 Å². The van der Waals surface area contributed by atoms with Gasteiger partial charge in [-0.2, -0.15) is 0 Å². The number of ketones is 1. The SMILES string of the molecule is CCOC(C)CC(=O)C1=C(C)C=CCC1(C)C. The van der Waals surface area contributed by atoms with Crippen LogP contribution in [0.1, 0.15) is 47.5 Å². The number of ether oxygens (including phenoxy) is 1. The number of hydrogen-bond acceptors (Lipinski definition) is 2. The van der Waals surface area contributed by atoms with E-state index in [-0.39, 0.29) is 17.3 Å². The summed E-state index contributed by atoms with van der Waals surface area (Å²) in [7, 11) is 0. The Bertz CT molecular complexity index is 348. The highest BCUT2D eigenvalue weighted by atomic mass is 16.5. The van der Waals surface area contributed by atoms with E-state index in [0.29, 0.717) is 13.0 Å². The molecule has 1 aliphatic rings. The van der Waals surface area contributed by atoms with Gasteiger partial charge in [0.2, 0.25) is 0 Å². The van der Waals surface area contributed by atoms with E-state index in [2.05, 4.69) is 26.0 Å². The summed E-state index contributed by atoms with van der Waals surface area (Å²) >= 11 is 0. The van der Waals surface area contributed by atoms with E-state index >= 15 is 0 Å². The molecule has 1 aliphatic carbocycles. The number of carbonyl (C=O) groups excluding carboxylic acids is 1. The number of rotatable bonds is 5. The van der Waals surface area contributed by atoms with Gasteiger partial charge in [0.1, 0.15) is 0 Å². The van der Waals surface area contributed by atoms with Gasteiger partial charge in [0.15, 0.2) is 5.78 Å². The zero-order valence-corrected chi connectivity index (χ0v) is 11.7. The van der Waals surface area contributed by atoms with E-state index in [1.54, 1.807) is 0 Å². The summed E-state index contributed by atoms with van der Waals surface area (Å²) in [4.78, 5) is 12.3. The van der Waals surface area contributed by atoms with Crippen molar-refractivity contribution in [3.05, 3.63) is 23.3 Å². The fraction of sp³-hybridized carbons (Fsp3) is 0.667. The van der Waals surface area contributed by atoms with Crippen LogP contribution in [0.2, 0.25) is 0 Å². The Morgan fingerprint density at radius 2 is 2.18 bits per heavy atom. The van der Waals surface area contributed by atoms with Crippen molar-refractivity contribution in [1.82, 2.24) is 0 Å². The maximum atomic E-state index is 12.3. The molecule has 0 aliphatic heterocycles. The Morgan fingerprint density at radius 3 is 2.71 bits per heavy atom. The highest BCUT2D eigenvalue weighted by molar-refractivity contribution is 5.98.